The molecule has 0 heterocycles. The van der Waals surface area contributed by atoms with E-state index in [1.165, 1.54) is 6.08 Å². The molecule has 7 heteroatoms. The number of ether oxygens (including phenoxy) is 1. The van der Waals surface area contributed by atoms with Gasteiger partial charge in [-0.15, -0.1) is 0 Å². The van der Waals surface area contributed by atoms with Gasteiger partial charge in [0.05, 0.1) is 13.5 Å². The van der Waals surface area contributed by atoms with Gasteiger partial charge in [-0.05, 0) is 42.8 Å². The molecule has 2 aromatic rings. The number of benzene rings is 2. The summed E-state index contributed by atoms with van der Waals surface area (Å²) in [5.74, 6) is -1.37. The van der Waals surface area contributed by atoms with E-state index in [0.29, 0.717) is 16.9 Å². The smallest absolute Gasteiger partial charge is 0.305 e. The molecule has 3 N–H and O–H groups in total. The zero-order valence-electron chi connectivity index (χ0n) is 15.7. The maximum Gasteiger partial charge on any atom is 0.305 e. The first-order valence-electron chi connectivity index (χ1n) is 8.63. The van der Waals surface area contributed by atoms with Crippen molar-refractivity contribution in [1.29, 1.82) is 0 Å². The van der Waals surface area contributed by atoms with E-state index in [-0.39, 0.29) is 18.7 Å². The topological polar surface area (TPSA) is 105 Å². The summed E-state index contributed by atoms with van der Waals surface area (Å²) >= 11 is 0. The average Bonchev–Trinajstić information content (AvgIpc) is 2.68. The number of aliphatic carboxylic acids is 1. The van der Waals surface area contributed by atoms with E-state index in [1.807, 2.05) is 6.92 Å². The number of methoxy groups -OCH3 is 1. The van der Waals surface area contributed by atoms with Gasteiger partial charge >= 0.3 is 5.97 Å². The Labute approximate surface area is 163 Å². The zero-order chi connectivity index (χ0) is 20.5. The van der Waals surface area contributed by atoms with Crippen molar-refractivity contribution in [2.75, 3.05) is 13.7 Å². The molecule has 0 unspecified atom stereocenters. The maximum absolute atomic E-state index is 12.5. The molecule has 0 aliphatic carbocycles. The van der Waals surface area contributed by atoms with Gasteiger partial charge in [0.1, 0.15) is 11.4 Å². The number of carboxylic acids is 1. The number of nitrogens with one attached hydrogen (secondary N) is 2. The molecule has 2 amide bonds. The highest BCUT2D eigenvalue weighted by Crippen LogP contribution is 2.14. The first kappa shape index (κ1) is 20.7. The third-order valence-corrected chi connectivity index (χ3v) is 3.86. The number of hydrogen-bond acceptors (Lipinski definition) is 4. The van der Waals surface area contributed by atoms with Gasteiger partial charge in [-0.2, -0.15) is 0 Å². The Morgan fingerprint density at radius 2 is 1.68 bits per heavy atom. The molecular formula is C21H22N2O5. The lowest BCUT2D eigenvalue weighted by atomic mass is 10.1. The predicted octanol–water partition coefficient (Wildman–Crippen LogP) is 2.37. The summed E-state index contributed by atoms with van der Waals surface area (Å²) in [6.45, 7) is 1.86. The van der Waals surface area contributed by atoms with E-state index in [9.17, 15) is 14.4 Å². The van der Waals surface area contributed by atoms with Crippen LogP contribution in [0.1, 0.15) is 27.9 Å². The molecular weight excluding hydrogens is 360 g/mol. The second-order valence-electron chi connectivity index (χ2n) is 6.05. The number of hydrogen-bond donors (Lipinski definition) is 3. The zero-order valence-corrected chi connectivity index (χ0v) is 15.7. The van der Waals surface area contributed by atoms with Crippen LogP contribution in [0.25, 0.3) is 6.08 Å². The van der Waals surface area contributed by atoms with Crippen LogP contribution in [-0.2, 0) is 9.59 Å². The average molecular weight is 382 g/mol. The van der Waals surface area contributed by atoms with Crippen molar-refractivity contribution in [3.05, 3.63) is 70.9 Å². The van der Waals surface area contributed by atoms with E-state index in [4.69, 9.17) is 9.84 Å². The van der Waals surface area contributed by atoms with Crippen LogP contribution in [0.2, 0.25) is 0 Å². The highest BCUT2D eigenvalue weighted by Gasteiger charge is 2.15. The maximum atomic E-state index is 12.5. The third kappa shape index (κ3) is 6.28. The fourth-order valence-electron chi connectivity index (χ4n) is 2.30. The Bertz CT molecular complexity index is 871. The van der Waals surface area contributed by atoms with Crippen LogP contribution in [0.5, 0.6) is 5.75 Å². The SMILES string of the molecule is COc1ccc(/C=C(\NC(=O)c2ccc(C)cc2)C(=O)NCCC(=O)O)cc1. The van der Waals surface area contributed by atoms with Crippen molar-refractivity contribution in [2.24, 2.45) is 0 Å². The highest BCUT2D eigenvalue weighted by molar-refractivity contribution is 6.05. The normalized spacial score (nSPS) is 10.9. The largest absolute Gasteiger partial charge is 0.497 e. The van der Waals surface area contributed by atoms with Crippen molar-refractivity contribution in [3.63, 3.8) is 0 Å². The van der Waals surface area contributed by atoms with Gasteiger partial charge in [0, 0.05) is 12.1 Å². The van der Waals surface area contributed by atoms with Crippen molar-refractivity contribution in [3.8, 4) is 5.75 Å². The Kier molecular flexibility index (Phi) is 7.33. The second-order valence-corrected chi connectivity index (χ2v) is 6.05. The summed E-state index contributed by atoms with van der Waals surface area (Å²) in [5, 5.41) is 13.8. The molecule has 0 aliphatic rings. The molecule has 146 valence electrons. The molecule has 0 saturated heterocycles. The standard InChI is InChI=1S/C21H22N2O5/c1-14-3-7-16(8-4-14)20(26)23-18(21(27)22-12-11-19(24)25)13-15-5-9-17(28-2)10-6-15/h3-10,13H,11-12H2,1-2H3,(H,22,27)(H,23,26)(H,24,25)/b18-13-. The molecule has 2 aromatic carbocycles. The Balaban J connectivity index is 2.22. The summed E-state index contributed by atoms with van der Waals surface area (Å²) in [6, 6.07) is 13.9. The molecule has 0 radical (unpaired) electrons. The summed E-state index contributed by atoms with van der Waals surface area (Å²) in [7, 11) is 1.55. The molecule has 0 saturated carbocycles. The van der Waals surface area contributed by atoms with Gasteiger partial charge in [-0.1, -0.05) is 29.8 Å². The fourth-order valence-corrected chi connectivity index (χ4v) is 2.30. The summed E-state index contributed by atoms with van der Waals surface area (Å²) < 4.78 is 5.10. The van der Waals surface area contributed by atoms with Crippen LogP contribution in [-0.4, -0.2) is 36.5 Å². The molecule has 7 nitrogen and oxygen atoms in total. The van der Waals surface area contributed by atoms with Gasteiger partial charge < -0.3 is 20.5 Å². The molecule has 0 atom stereocenters. The van der Waals surface area contributed by atoms with Crippen LogP contribution in [0.15, 0.2) is 54.2 Å². The molecule has 0 aliphatic heterocycles. The summed E-state index contributed by atoms with van der Waals surface area (Å²) in [4.78, 5) is 35.6. The van der Waals surface area contributed by atoms with E-state index in [2.05, 4.69) is 10.6 Å². The van der Waals surface area contributed by atoms with Gasteiger partial charge in [0.25, 0.3) is 11.8 Å². The van der Waals surface area contributed by atoms with Gasteiger partial charge in [0.2, 0.25) is 0 Å². The molecule has 0 aromatic heterocycles. The monoisotopic (exact) mass is 382 g/mol. The first-order valence-corrected chi connectivity index (χ1v) is 8.63. The Hall–Kier alpha value is -3.61. The lowest BCUT2D eigenvalue weighted by molar-refractivity contribution is -0.136. The minimum absolute atomic E-state index is 0.0149. The molecule has 0 fully saturated rings. The van der Waals surface area contributed by atoms with Gasteiger partial charge in [0.15, 0.2) is 0 Å². The van der Waals surface area contributed by atoms with Gasteiger partial charge in [-0.3, -0.25) is 14.4 Å². The minimum atomic E-state index is -1.02. The number of carbonyl (C=O) groups is 3. The van der Waals surface area contributed by atoms with E-state index >= 15 is 0 Å². The Morgan fingerprint density at radius 1 is 1.04 bits per heavy atom. The van der Waals surface area contributed by atoms with Crippen LogP contribution < -0.4 is 15.4 Å². The van der Waals surface area contributed by atoms with Crippen LogP contribution in [0.4, 0.5) is 0 Å². The number of rotatable bonds is 8. The fraction of sp³-hybridized carbons (Fsp3) is 0.190. The number of amides is 2. The van der Waals surface area contributed by atoms with Crippen molar-refractivity contribution in [2.45, 2.75) is 13.3 Å². The number of carboxylic acid groups (broad SMARTS) is 1. The molecule has 0 bridgehead atoms. The van der Waals surface area contributed by atoms with Crippen LogP contribution in [0.3, 0.4) is 0 Å². The lowest BCUT2D eigenvalue weighted by Gasteiger charge is -2.11. The van der Waals surface area contributed by atoms with Crippen LogP contribution in [0, 0.1) is 6.92 Å². The minimum Gasteiger partial charge on any atom is -0.497 e. The summed E-state index contributed by atoms with van der Waals surface area (Å²) in [5.41, 5.74) is 2.11. The van der Waals surface area contributed by atoms with Crippen molar-refractivity contribution in [1.82, 2.24) is 10.6 Å². The Morgan fingerprint density at radius 3 is 2.25 bits per heavy atom. The second kappa shape index (κ2) is 9.91. The molecule has 2 rings (SSSR count). The third-order valence-electron chi connectivity index (χ3n) is 3.86. The highest BCUT2D eigenvalue weighted by atomic mass is 16.5. The first-order chi connectivity index (χ1) is 13.4. The van der Waals surface area contributed by atoms with E-state index in [1.54, 1.807) is 55.6 Å². The van der Waals surface area contributed by atoms with E-state index < -0.39 is 17.8 Å². The number of aryl methyl sites for hydroxylation is 1. The quantitative estimate of drug-likeness (QED) is 0.608. The lowest BCUT2D eigenvalue weighted by Crippen LogP contribution is -2.35. The van der Waals surface area contributed by atoms with Gasteiger partial charge in [-0.25, -0.2) is 0 Å². The van der Waals surface area contributed by atoms with Crippen LogP contribution >= 0.6 is 0 Å². The van der Waals surface area contributed by atoms with Crippen molar-refractivity contribution < 1.29 is 24.2 Å². The molecule has 28 heavy (non-hydrogen) atoms. The number of carbonyl (C=O) groups excluding carboxylic acids is 2. The predicted molar refractivity (Wildman–Crippen MR) is 105 cm³/mol. The van der Waals surface area contributed by atoms with Crippen molar-refractivity contribution >= 4 is 23.9 Å². The summed E-state index contributed by atoms with van der Waals surface area (Å²) in [6.07, 6.45) is 1.30. The van der Waals surface area contributed by atoms with E-state index in [0.717, 1.165) is 5.56 Å². The molecule has 0 spiro atoms.